The van der Waals surface area contributed by atoms with Crippen molar-refractivity contribution in [3.63, 3.8) is 0 Å². The minimum atomic E-state index is -0.422. The number of Topliss-reactive ketones (excluding diaryl/α,β-unsaturated/α-hetero) is 1. The molecule has 0 saturated heterocycles. The molecule has 0 fully saturated rings. The monoisotopic (exact) mass is 186 g/mol. The summed E-state index contributed by atoms with van der Waals surface area (Å²) in [5.74, 6) is 0.395. The van der Waals surface area contributed by atoms with Gasteiger partial charge in [-0.15, -0.1) is 0 Å². The first kappa shape index (κ1) is 12.6. The Morgan fingerprint density at radius 2 is 2.00 bits per heavy atom. The van der Waals surface area contributed by atoms with E-state index in [0.29, 0.717) is 12.3 Å². The predicted octanol–water partition coefficient (Wildman–Crippen LogP) is 2.54. The second-order valence-corrected chi connectivity index (χ2v) is 3.78. The minimum absolute atomic E-state index is 0.0856. The summed E-state index contributed by atoms with van der Waals surface area (Å²) < 4.78 is 0. The fraction of sp³-hybridized carbons (Fsp3) is 0.909. The molecule has 0 aromatic carbocycles. The molecule has 0 aliphatic carbocycles. The lowest BCUT2D eigenvalue weighted by molar-refractivity contribution is -0.119. The van der Waals surface area contributed by atoms with Gasteiger partial charge in [0.1, 0.15) is 5.78 Å². The van der Waals surface area contributed by atoms with Crippen molar-refractivity contribution in [3.8, 4) is 0 Å². The Kier molecular flexibility index (Phi) is 6.87. The zero-order valence-electron chi connectivity index (χ0n) is 9.05. The highest BCUT2D eigenvalue weighted by Crippen LogP contribution is 2.19. The molecule has 2 nitrogen and oxygen atoms in total. The van der Waals surface area contributed by atoms with Crippen LogP contribution in [0.2, 0.25) is 0 Å². The van der Waals surface area contributed by atoms with E-state index in [-0.39, 0.29) is 5.78 Å². The Balaban J connectivity index is 3.83. The summed E-state index contributed by atoms with van der Waals surface area (Å²) in [4.78, 5) is 10.8. The first-order chi connectivity index (χ1) is 6.11. The molecule has 0 saturated carbocycles. The van der Waals surface area contributed by atoms with Crippen LogP contribution in [-0.2, 0) is 4.79 Å². The first-order valence-electron chi connectivity index (χ1n) is 5.29. The average molecular weight is 186 g/mol. The van der Waals surface area contributed by atoms with Crippen LogP contribution in [0.1, 0.15) is 52.9 Å². The third-order valence-corrected chi connectivity index (χ3v) is 2.49. The van der Waals surface area contributed by atoms with Crippen LogP contribution >= 0.6 is 0 Å². The molecule has 0 spiro atoms. The van der Waals surface area contributed by atoms with Gasteiger partial charge in [-0.1, -0.05) is 33.1 Å². The highest BCUT2D eigenvalue weighted by atomic mass is 16.3. The number of carbonyl (C=O) groups is 1. The largest absolute Gasteiger partial charge is 0.392 e. The van der Waals surface area contributed by atoms with Gasteiger partial charge in [-0.3, -0.25) is 4.79 Å². The molecule has 0 aliphatic heterocycles. The van der Waals surface area contributed by atoms with Crippen LogP contribution in [-0.4, -0.2) is 17.0 Å². The Morgan fingerprint density at radius 3 is 2.38 bits per heavy atom. The first-order valence-corrected chi connectivity index (χ1v) is 5.29. The maximum Gasteiger partial charge on any atom is 0.132 e. The van der Waals surface area contributed by atoms with Crippen molar-refractivity contribution < 1.29 is 9.90 Å². The fourth-order valence-electron chi connectivity index (χ4n) is 1.60. The van der Waals surface area contributed by atoms with Gasteiger partial charge < -0.3 is 5.11 Å². The van der Waals surface area contributed by atoms with Crippen LogP contribution in [0.25, 0.3) is 0 Å². The van der Waals surface area contributed by atoms with Gasteiger partial charge in [0, 0.05) is 6.42 Å². The highest BCUT2D eigenvalue weighted by molar-refractivity contribution is 5.75. The van der Waals surface area contributed by atoms with Gasteiger partial charge in [0.25, 0.3) is 0 Å². The van der Waals surface area contributed by atoms with Gasteiger partial charge in [0.05, 0.1) is 6.10 Å². The highest BCUT2D eigenvalue weighted by Gasteiger charge is 2.17. The zero-order chi connectivity index (χ0) is 10.3. The van der Waals surface area contributed by atoms with Gasteiger partial charge in [-0.05, 0) is 19.3 Å². The molecule has 0 amide bonds. The van der Waals surface area contributed by atoms with E-state index in [1.807, 2.05) is 0 Å². The Bertz CT molecular complexity index is 143. The van der Waals surface area contributed by atoms with Crippen LogP contribution in [0.4, 0.5) is 0 Å². The lowest BCUT2D eigenvalue weighted by Crippen LogP contribution is -2.22. The number of aliphatic hydroxyl groups excluding tert-OH is 1. The van der Waals surface area contributed by atoms with Crippen molar-refractivity contribution in [3.05, 3.63) is 0 Å². The fourth-order valence-corrected chi connectivity index (χ4v) is 1.60. The summed E-state index contributed by atoms with van der Waals surface area (Å²) in [7, 11) is 0. The maximum absolute atomic E-state index is 10.8. The van der Waals surface area contributed by atoms with E-state index >= 15 is 0 Å². The summed E-state index contributed by atoms with van der Waals surface area (Å²) in [5, 5.41) is 9.69. The molecule has 0 aromatic heterocycles. The zero-order valence-corrected chi connectivity index (χ0v) is 9.05. The number of unbranched alkanes of at least 4 members (excludes halogenated alkanes) is 1. The van der Waals surface area contributed by atoms with Crippen molar-refractivity contribution in [2.24, 2.45) is 5.92 Å². The third kappa shape index (κ3) is 5.81. The lowest BCUT2D eigenvalue weighted by Gasteiger charge is -2.20. The molecule has 0 aromatic rings. The lowest BCUT2D eigenvalue weighted by atomic mass is 9.91. The molecule has 0 bridgehead atoms. The molecular weight excluding hydrogens is 164 g/mol. The molecule has 1 N–H and O–H groups in total. The topological polar surface area (TPSA) is 37.3 Å². The summed E-state index contributed by atoms with van der Waals surface area (Å²) >= 11 is 0. The van der Waals surface area contributed by atoms with Crippen LogP contribution in [0.3, 0.4) is 0 Å². The van der Waals surface area contributed by atoms with Crippen molar-refractivity contribution in [2.75, 3.05) is 0 Å². The predicted molar refractivity (Wildman–Crippen MR) is 54.6 cm³/mol. The number of hydrogen-bond acceptors (Lipinski definition) is 2. The quantitative estimate of drug-likeness (QED) is 0.663. The van der Waals surface area contributed by atoms with E-state index in [1.165, 1.54) is 6.92 Å². The molecule has 2 unspecified atom stereocenters. The van der Waals surface area contributed by atoms with E-state index in [9.17, 15) is 9.90 Å². The Labute approximate surface area is 81.3 Å². The van der Waals surface area contributed by atoms with Gasteiger partial charge in [0.2, 0.25) is 0 Å². The number of ketones is 1. The van der Waals surface area contributed by atoms with Crippen molar-refractivity contribution in [2.45, 2.75) is 59.0 Å². The smallest absolute Gasteiger partial charge is 0.132 e. The van der Waals surface area contributed by atoms with Crippen molar-refractivity contribution in [1.29, 1.82) is 0 Å². The molecule has 13 heavy (non-hydrogen) atoms. The standard InChI is InChI=1S/C11H22O2/c1-4-6-7-10(5-2)11(13)8-9(3)12/h10-11,13H,4-8H2,1-3H3. The van der Waals surface area contributed by atoms with Gasteiger partial charge in [0.15, 0.2) is 0 Å². The van der Waals surface area contributed by atoms with Gasteiger partial charge >= 0.3 is 0 Å². The van der Waals surface area contributed by atoms with E-state index < -0.39 is 6.10 Å². The molecule has 0 aliphatic rings. The second kappa shape index (κ2) is 7.07. The summed E-state index contributed by atoms with van der Waals surface area (Å²) in [6.07, 6.45) is 4.21. The maximum atomic E-state index is 10.8. The number of rotatable bonds is 7. The molecule has 0 heterocycles. The SMILES string of the molecule is CCCCC(CC)C(O)CC(C)=O. The molecule has 0 rings (SSSR count). The summed E-state index contributed by atoms with van der Waals surface area (Å²) in [5.41, 5.74) is 0. The molecule has 78 valence electrons. The van der Waals surface area contributed by atoms with E-state index in [2.05, 4.69) is 13.8 Å². The Hall–Kier alpha value is -0.370. The van der Waals surface area contributed by atoms with Crippen LogP contribution in [0.5, 0.6) is 0 Å². The van der Waals surface area contributed by atoms with Crippen molar-refractivity contribution >= 4 is 5.78 Å². The van der Waals surface area contributed by atoms with E-state index in [1.54, 1.807) is 0 Å². The number of aliphatic hydroxyl groups is 1. The van der Waals surface area contributed by atoms with E-state index in [4.69, 9.17) is 0 Å². The molecule has 2 heteroatoms. The summed E-state index contributed by atoms with van der Waals surface area (Å²) in [6, 6.07) is 0. The van der Waals surface area contributed by atoms with Gasteiger partial charge in [-0.2, -0.15) is 0 Å². The molecule has 0 radical (unpaired) electrons. The third-order valence-electron chi connectivity index (χ3n) is 2.49. The van der Waals surface area contributed by atoms with Gasteiger partial charge in [-0.25, -0.2) is 0 Å². The minimum Gasteiger partial charge on any atom is -0.392 e. The summed E-state index contributed by atoms with van der Waals surface area (Å²) in [6.45, 7) is 5.75. The number of carbonyl (C=O) groups excluding carboxylic acids is 1. The van der Waals surface area contributed by atoms with Crippen LogP contribution in [0, 0.1) is 5.92 Å². The van der Waals surface area contributed by atoms with Crippen LogP contribution < -0.4 is 0 Å². The number of hydrogen-bond donors (Lipinski definition) is 1. The Morgan fingerprint density at radius 1 is 1.38 bits per heavy atom. The normalized spacial score (nSPS) is 15.4. The average Bonchev–Trinajstić information content (AvgIpc) is 2.04. The van der Waals surface area contributed by atoms with Crippen molar-refractivity contribution in [1.82, 2.24) is 0 Å². The molecular formula is C11H22O2. The second-order valence-electron chi connectivity index (χ2n) is 3.78. The van der Waals surface area contributed by atoms with E-state index in [0.717, 1.165) is 25.7 Å². The van der Waals surface area contributed by atoms with Crippen LogP contribution in [0.15, 0.2) is 0 Å². The molecule has 2 atom stereocenters.